The van der Waals surface area contributed by atoms with E-state index in [0.29, 0.717) is 11.4 Å². The number of fused-ring (bicyclic) bond motifs is 1. The third-order valence-corrected chi connectivity index (χ3v) is 4.17. The molecule has 0 aliphatic carbocycles. The van der Waals surface area contributed by atoms with Gasteiger partial charge in [-0.2, -0.15) is 13.2 Å². The van der Waals surface area contributed by atoms with Crippen molar-refractivity contribution in [1.29, 1.82) is 0 Å². The summed E-state index contributed by atoms with van der Waals surface area (Å²) in [6, 6.07) is 6.69. The van der Waals surface area contributed by atoms with Gasteiger partial charge in [-0.3, -0.25) is 9.69 Å². The first-order valence-corrected chi connectivity index (χ1v) is 8.90. The minimum Gasteiger partial charge on any atom is -0.444 e. The zero-order valence-electron chi connectivity index (χ0n) is 16.1. The Morgan fingerprint density at radius 2 is 1.83 bits per heavy atom. The third kappa shape index (κ3) is 4.67. The number of rotatable bonds is 2. The first-order chi connectivity index (χ1) is 13.5. The van der Waals surface area contributed by atoms with E-state index < -0.39 is 35.4 Å². The van der Waals surface area contributed by atoms with Crippen molar-refractivity contribution in [2.75, 3.05) is 4.90 Å². The van der Waals surface area contributed by atoms with Crippen molar-refractivity contribution in [3.8, 4) is 0 Å². The maximum absolute atomic E-state index is 13.1. The molecule has 2 aromatic rings. The molecule has 3 rings (SSSR count). The van der Waals surface area contributed by atoms with Crippen LogP contribution in [0, 0.1) is 0 Å². The Morgan fingerprint density at radius 3 is 2.41 bits per heavy atom. The molecule has 154 valence electrons. The number of carbonyl (C=O) groups is 2. The molecule has 1 N–H and O–H groups in total. The number of hydrogen-bond donors (Lipinski definition) is 1. The maximum atomic E-state index is 13.1. The van der Waals surface area contributed by atoms with Crippen molar-refractivity contribution < 1.29 is 27.5 Å². The largest absolute Gasteiger partial charge is 0.444 e. The molecule has 1 atom stereocenters. The number of anilines is 2. The first-order valence-electron chi connectivity index (χ1n) is 8.90. The molecule has 6 nitrogen and oxygen atoms in total. The molecule has 1 unspecified atom stereocenters. The second-order valence-corrected chi connectivity index (χ2v) is 7.61. The molecule has 0 saturated heterocycles. The average Bonchev–Trinajstić information content (AvgIpc) is 2.60. The number of alkyl halides is 3. The Labute approximate surface area is 165 Å². The minimum absolute atomic E-state index is 0.193. The van der Waals surface area contributed by atoms with E-state index in [1.807, 2.05) is 0 Å². The molecule has 1 aromatic heterocycles. The summed E-state index contributed by atoms with van der Waals surface area (Å²) in [6.07, 6.45) is -3.56. The van der Waals surface area contributed by atoms with Gasteiger partial charge in [-0.1, -0.05) is 6.07 Å². The number of pyridine rings is 1. The van der Waals surface area contributed by atoms with Gasteiger partial charge in [0.2, 0.25) is 0 Å². The summed E-state index contributed by atoms with van der Waals surface area (Å²) in [5, 5.41) is 2.54. The number of alkyl carbamates (subject to hydrolysis) is 1. The van der Waals surface area contributed by atoms with E-state index in [0.717, 1.165) is 12.1 Å². The predicted octanol–water partition coefficient (Wildman–Crippen LogP) is 4.21. The summed E-state index contributed by atoms with van der Waals surface area (Å²) in [6.45, 7) is 5.09. The summed E-state index contributed by atoms with van der Waals surface area (Å²) < 4.78 is 43.8. The number of carbonyl (C=O) groups excluding carboxylic acids is 2. The Balaban J connectivity index is 1.93. The van der Waals surface area contributed by atoms with E-state index in [1.165, 1.54) is 23.2 Å². The Bertz CT molecular complexity index is 921. The van der Waals surface area contributed by atoms with Gasteiger partial charge in [0.05, 0.1) is 11.3 Å². The third-order valence-electron chi connectivity index (χ3n) is 4.17. The fourth-order valence-electron chi connectivity index (χ4n) is 2.97. The van der Waals surface area contributed by atoms with E-state index in [-0.39, 0.29) is 12.1 Å². The van der Waals surface area contributed by atoms with E-state index in [1.54, 1.807) is 32.9 Å². The fourth-order valence-corrected chi connectivity index (χ4v) is 2.97. The number of halogens is 3. The number of nitrogens with one attached hydrogen (secondary N) is 1. The lowest BCUT2D eigenvalue weighted by atomic mass is 9.99. The SMILES string of the molecule is CC(C)(C)OC(=O)NC1Cc2cccnc2N(c2ccc(C(F)(F)F)cc2)C1=O. The zero-order valence-corrected chi connectivity index (χ0v) is 16.1. The van der Waals surface area contributed by atoms with Crippen LogP contribution in [0.1, 0.15) is 31.9 Å². The lowest BCUT2D eigenvalue weighted by Crippen LogP contribution is -2.52. The number of aromatic nitrogens is 1. The van der Waals surface area contributed by atoms with Crippen LogP contribution in [0.25, 0.3) is 0 Å². The normalized spacial score (nSPS) is 17.0. The Kier molecular flexibility index (Phi) is 5.25. The number of benzene rings is 1. The predicted molar refractivity (Wildman–Crippen MR) is 99.7 cm³/mol. The summed E-state index contributed by atoms with van der Waals surface area (Å²) in [4.78, 5) is 30.6. The lowest BCUT2D eigenvalue weighted by molar-refractivity contribution is -0.137. The molecular weight excluding hydrogens is 387 g/mol. The van der Waals surface area contributed by atoms with Crippen molar-refractivity contribution in [3.05, 3.63) is 53.7 Å². The first kappa shape index (κ1) is 20.6. The monoisotopic (exact) mass is 407 g/mol. The van der Waals surface area contributed by atoms with E-state index in [2.05, 4.69) is 10.3 Å². The second-order valence-electron chi connectivity index (χ2n) is 7.61. The van der Waals surface area contributed by atoms with Crippen molar-refractivity contribution in [1.82, 2.24) is 10.3 Å². The van der Waals surface area contributed by atoms with Crippen LogP contribution in [0.4, 0.5) is 29.5 Å². The van der Waals surface area contributed by atoms with Crippen LogP contribution in [0.2, 0.25) is 0 Å². The van der Waals surface area contributed by atoms with Gasteiger partial charge in [0, 0.05) is 12.6 Å². The second kappa shape index (κ2) is 7.38. The Morgan fingerprint density at radius 1 is 1.17 bits per heavy atom. The van der Waals surface area contributed by atoms with Crippen LogP contribution in [0.15, 0.2) is 42.6 Å². The van der Waals surface area contributed by atoms with Gasteiger partial charge >= 0.3 is 12.3 Å². The van der Waals surface area contributed by atoms with Crippen LogP contribution in [0.3, 0.4) is 0 Å². The Hall–Kier alpha value is -3.10. The molecule has 1 aromatic carbocycles. The molecule has 0 radical (unpaired) electrons. The molecule has 29 heavy (non-hydrogen) atoms. The molecule has 2 heterocycles. The van der Waals surface area contributed by atoms with Gasteiger partial charge in [-0.05, 0) is 56.7 Å². The molecule has 0 fully saturated rings. The van der Waals surface area contributed by atoms with Crippen LogP contribution in [0.5, 0.6) is 0 Å². The lowest BCUT2D eigenvalue weighted by Gasteiger charge is -2.33. The van der Waals surface area contributed by atoms with Crippen LogP contribution < -0.4 is 10.2 Å². The van der Waals surface area contributed by atoms with Gasteiger partial charge in [0.15, 0.2) is 0 Å². The van der Waals surface area contributed by atoms with Gasteiger partial charge in [-0.25, -0.2) is 9.78 Å². The van der Waals surface area contributed by atoms with Gasteiger partial charge in [0.1, 0.15) is 17.5 Å². The topological polar surface area (TPSA) is 71.5 Å². The highest BCUT2D eigenvalue weighted by Crippen LogP contribution is 2.35. The highest BCUT2D eigenvalue weighted by atomic mass is 19.4. The average molecular weight is 407 g/mol. The summed E-state index contributed by atoms with van der Waals surface area (Å²) in [5.74, 6) is -0.193. The molecule has 9 heteroatoms. The molecule has 0 bridgehead atoms. The highest BCUT2D eigenvalue weighted by molar-refractivity contribution is 6.06. The maximum Gasteiger partial charge on any atom is 0.416 e. The van der Waals surface area contributed by atoms with Crippen molar-refractivity contribution >= 4 is 23.5 Å². The number of hydrogen-bond acceptors (Lipinski definition) is 4. The molecule has 0 spiro atoms. The summed E-state index contributed by atoms with van der Waals surface area (Å²) >= 11 is 0. The summed E-state index contributed by atoms with van der Waals surface area (Å²) in [7, 11) is 0. The van der Waals surface area contributed by atoms with E-state index in [9.17, 15) is 22.8 Å². The molecular formula is C20H20F3N3O3. The zero-order chi connectivity index (χ0) is 21.4. The van der Waals surface area contributed by atoms with Gasteiger partial charge in [0.25, 0.3) is 5.91 Å². The smallest absolute Gasteiger partial charge is 0.416 e. The highest BCUT2D eigenvalue weighted by Gasteiger charge is 2.37. The van der Waals surface area contributed by atoms with Crippen molar-refractivity contribution in [2.45, 2.75) is 45.0 Å². The van der Waals surface area contributed by atoms with Crippen LogP contribution in [-0.4, -0.2) is 28.6 Å². The molecule has 0 saturated carbocycles. The minimum atomic E-state index is -4.48. The van der Waals surface area contributed by atoms with Crippen LogP contribution >= 0.6 is 0 Å². The van der Waals surface area contributed by atoms with Crippen molar-refractivity contribution in [2.24, 2.45) is 0 Å². The molecule has 1 aliphatic heterocycles. The van der Waals surface area contributed by atoms with Crippen LogP contribution in [-0.2, 0) is 22.1 Å². The fraction of sp³-hybridized carbons (Fsp3) is 0.350. The number of ether oxygens (including phenoxy) is 1. The quantitative estimate of drug-likeness (QED) is 0.809. The van der Waals surface area contributed by atoms with E-state index in [4.69, 9.17) is 4.74 Å². The molecule has 2 amide bonds. The number of amides is 2. The van der Waals surface area contributed by atoms with E-state index >= 15 is 0 Å². The summed E-state index contributed by atoms with van der Waals surface area (Å²) in [5.41, 5.74) is -0.670. The van der Waals surface area contributed by atoms with Gasteiger partial charge < -0.3 is 10.1 Å². The van der Waals surface area contributed by atoms with Gasteiger partial charge in [-0.15, -0.1) is 0 Å². The standard InChI is InChI=1S/C20H20F3N3O3/c1-19(2,3)29-18(28)25-15-11-12-5-4-10-24-16(12)26(17(15)27)14-8-6-13(7-9-14)20(21,22)23/h4-10,15H,11H2,1-3H3,(H,25,28). The number of nitrogens with zero attached hydrogens (tertiary/aromatic N) is 2. The molecule has 1 aliphatic rings. The van der Waals surface area contributed by atoms with Crippen molar-refractivity contribution in [3.63, 3.8) is 0 Å².